The van der Waals surface area contributed by atoms with Crippen LogP contribution in [0.25, 0.3) is 50.8 Å². The Hall–Kier alpha value is -7.67. The summed E-state index contributed by atoms with van der Waals surface area (Å²) in [7, 11) is 10.0. The lowest BCUT2D eigenvalue weighted by Crippen LogP contribution is -2.43. The lowest BCUT2D eigenvalue weighted by atomic mass is 10.00. The first-order valence-corrected chi connectivity index (χ1v) is 37.7. The monoisotopic (exact) mass is 1590 g/mol. The van der Waals surface area contributed by atoms with Crippen molar-refractivity contribution in [1.82, 2.24) is 44.0 Å². The summed E-state index contributed by atoms with van der Waals surface area (Å²) in [6, 6.07) is 16.5. The Kier molecular flexibility index (Phi) is 26.8. The zero-order chi connectivity index (χ0) is 75.9. The molecule has 6 aromatic heterocycles. The molecule has 9 heterocycles. The Morgan fingerprint density at radius 2 is 0.835 bits per heavy atom. The number of alkyl halides is 1. The van der Waals surface area contributed by atoms with E-state index in [4.69, 9.17) is 87.6 Å². The van der Waals surface area contributed by atoms with E-state index in [1.807, 2.05) is 156 Å². The van der Waals surface area contributed by atoms with Gasteiger partial charge in [0, 0.05) is 110 Å². The molecule has 3 aliphatic heterocycles. The SMILES string of the molecule is CC(Br)CO.COc1cc2c(cc1O)-c1c(c(C(=O)N(C)C(C)(C)C)nn1-c1ccsc1)CO2.COc1cc2c(cc1OC(C)C)-c1c(c(C(=O)N(C)C(C)(C)C)nn1-c1ccsc1)CO2.COc1cc2c(cc1OC(C)CO)-c1c(c(C(=O)N(C)C(C)(C)C)nn1-c1ccsc1)CO2.ClB(Cl)Cl. The number of aromatic hydroxyl groups is 1. The van der Waals surface area contributed by atoms with Gasteiger partial charge in [-0.25, -0.2) is 14.0 Å². The minimum absolute atomic E-state index is 0.000421. The number of fused-ring (bicyclic) bond motifs is 9. The van der Waals surface area contributed by atoms with Crippen molar-refractivity contribution in [2.75, 3.05) is 55.7 Å². The molecule has 0 radical (unpaired) electrons. The molecule has 0 fully saturated rings. The van der Waals surface area contributed by atoms with E-state index in [-0.39, 0.29) is 84.1 Å². The Balaban J connectivity index is 0.000000185. The van der Waals surface area contributed by atoms with Gasteiger partial charge in [-0.1, -0.05) is 22.9 Å². The minimum Gasteiger partial charge on any atom is -0.504 e. The second kappa shape index (κ2) is 34.1. The molecule has 0 saturated heterocycles. The molecule has 0 saturated carbocycles. The molecular formula is C72H88BBrCl3N9O14S3. The third-order valence-electron chi connectivity index (χ3n) is 16.6. The van der Waals surface area contributed by atoms with Gasteiger partial charge in [0.15, 0.2) is 51.6 Å². The van der Waals surface area contributed by atoms with Crippen LogP contribution >= 0.6 is 84.3 Å². The van der Waals surface area contributed by atoms with Gasteiger partial charge in [-0.3, -0.25) is 14.4 Å². The summed E-state index contributed by atoms with van der Waals surface area (Å²) >= 11 is 22.2. The first-order chi connectivity index (χ1) is 48.5. The third-order valence-corrected chi connectivity index (χ3v) is 18.9. The molecule has 3 amide bonds. The minimum atomic E-state index is -0.750. The summed E-state index contributed by atoms with van der Waals surface area (Å²) in [5, 5.41) is 54.0. The molecule has 103 heavy (non-hydrogen) atoms. The molecule has 0 spiro atoms. The largest absolute Gasteiger partial charge is 0.504 e. The Labute approximate surface area is 636 Å². The summed E-state index contributed by atoms with van der Waals surface area (Å²) in [5.41, 5.74) is 9.47. The highest BCUT2D eigenvalue weighted by atomic mass is 79.9. The number of methoxy groups -OCH3 is 3. The maximum Gasteiger partial charge on any atom is 0.450 e. The first-order valence-electron chi connectivity index (χ1n) is 32.6. The normalized spacial score (nSPS) is 12.9. The molecule has 12 rings (SSSR count). The van der Waals surface area contributed by atoms with Crippen LogP contribution in [0, 0.1) is 0 Å². The zero-order valence-corrected chi connectivity index (χ0v) is 67.4. The van der Waals surface area contributed by atoms with Crippen molar-refractivity contribution in [2.24, 2.45) is 0 Å². The van der Waals surface area contributed by atoms with E-state index in [1.165, 1.54) is 7.11 Å². The van der Waals surface area contributed by atoms with Crippen LogP contribution < -0.4 is 37.9 Å². The van der Waals surface area contributed by atoms with Crippen LogP contribution in [0.5, 0.6) is 51.7 Å². The number of carbonyl (C=O) groups is 3. The standard InChI is InChI=1S/C24H29N3O5S.C24H29N3O4S.C21H23N3O4S.C3H7BrO.BCl3/c1-14(11-28)32-20-9-16-18(10-19(20)30-6)31-12-17-21(23(29)26(5)24(2,3)4)25-27(22(16)17)15-7-8-33-13-15;1-14(2)31-20-10-16-18(11-19(20)29-7)30-12-17-21(23(28)26(6)24(3,4)5)25-27(22(16)17)15-8-9-32-13-15;1-21(2,3)23(4)20(26)18-14-10-28-16-9-17(27-5)15(25)8-13(16)19(14)24(22-18)12-6-7-29-11-12;1-3(4)2-5;2-1(3)4/h7-10,13-14,28H,11-12H2,1-6H3;8-11,13-14H,12H2,1-7H3;6-9,11,25H,10H2,1-5H3;3,5H,2H2,1H3;. The van der Waals surface area contributed by atoms with Gasteiger partial charge in [0.2, 0.25) is 0 Å². The molecule has 9 aromatic rings. The molecule has 0 aliphatic carbocycles. The van der Waals surface area contributed by atoms with Crippen LogP contribution in [0.4, 0.5) is 0 Å². The van der Waals surface area contributed by atoms with Gasteiger partial charge in [0.25, 0.3) is 17.7 Å². The van der Waals surface area contributed by atoms with Crippen molar-refractivity contribution in [3.63, 3.8) is 0 Å². The quantitative estimate of drug-likeness (QED) is 0.0637. The van der Waals surface area contributed by atoms with Crippen molar-refractivity contribution >= 4 is 107 Å². The van der Waals surface area contributed by atoms with Crippen LogP contribution in [0.2, 0.25) is 0 Å². The summed E-state index contributed by atoms with van der Waals surface area (Å²) in [6.45, 7) is 26.2. The van der Waals surface area contributed by atoms with E-state index in [0.29, 0.717) is 74.2 Å². The van der Waals surface area contributed by atoms with Crippen LogP contribution in [-0.4, -0.2) is 171 Å². The molecule has 554 valence electrons. The molecule has 0 bridgehead atoms. The number of carbonyl (C=O) groups excluding carboxylic acids is 3. The lowest BCUT2D eigenvalue weighted by Gasteiger charge is -2.31. The van der Waals surface area contributed by atoms with E-state index < -0.39 is 11.1 Å². The number of phenols is 1. The maximum atomic E-state index is 13.4. The maximum absolute atomic E-state index is 13.4. The number of rotatable bonds is 15. The van der Waals surface area contributed by atoms with E-state index in [1.54, 1.807) is 119 Å². The van der Waals surface area contributed by atoms with Gasteiger partial charge in [0.1, 0.15) is 43.2 Å². The summed E-state index contributed by atoms with van der Waals surface area (Å²) in [5.74, 6) is 3.92. The van der Waals surface area contributed by atoms with Crippen molar-refractivity contribution in [2.45, 2.75) is 143 Å². The summed E-state index contributed by atoms with van der Waals surface area (Å²) in [6.07, 6.45) is -0.439. The van der Waals surface area contributed by atoms with E-state index in [0.717, 1.165) is 56.4 Å². The fourth-order valence-corrected chi connectivity index (χ4v) is 12.2. The number of aromatic nitrogens is 6. The number of ether oxygens (including phenoxy) is 8. The summed E-state index contributed by atoms with van der Waals surface area (Å²) in [4.78, 5) is 44.7. The van der Waals surface area contributed by atoms with Gasteiger partial charge in [0.05, 0.1) is 74.8 Å². The second-order valence-electron chi connectivity index (χ2n) is 27.2. The number of hydrogen-bond donors (Lipinski definition) is 3. The molecule has 3 N–H and O–H groups in total. The van der Waals surface area contributed by atoms with E-state index in [9.17, 15) is 24.6 Å². The van der Waals surface area contributed by atoms with Crippen molar-refractivity contribution < 1.29 is 67.6 Å². The highest BCUT2D eigenvalue weighted by Gasteiger charge is 2.39. The number of amides is 3. The molecule has 23 nitrogen and oxygen atoms in total. The topological polar surface area (TPSA) is 249 Å². The number of aliphatic hydroxyl groups excluding tert-OH is 2. The number of hydrogen-bond acceptors (Lipinski definition) is 20. The Morgan fingerprint density at radius 1 is 0.534 bits per heavy atom. The fourth-order valence-electron chi connectivity index (χ4n) is 10.4. The summed E-state index contributed by atoms with van der Waals surface area (Å²) < 4.78 is 51.6. The lowest BCUT2D eigenvalue weighted by molar-refractivity contribution is 0.0637. The highest BCUT2D eigenvalue weighted by Crippen LogP contribution is 2.50. The number of thiophene rings is 3. The van der Waals surface area contributed by atoms with Crippen molar-refractivity contribution in [1.29, 1.82) is 0 Å². The Bertz CT molecular complexity index is 4410. The van der Waals surface area contributed by atoms with Crippen molar-refractivity contribution in [3.05, 3.63) is 121 Å². The van der Waals surface area contributed by atoms with Crippen LogP contribution in [-0.2, 0) is 19.8 Å². The zero-order valence-electron chi connectivity index (χ0n) is 61.1. The van der Waals surface area contributed by atoms with Gasteiger partial charge in [-0.2, -0.15) is 83.7 Å². The number of benzene rings is 3. The average Bonchev–Trinajstić information content (AvgIpc) is 1.62. The second-order valence-corrected chi connectivity index (χ2v) is 33.1. The van der Waals surface area contributed by atoms with Crippen LogP contribution in [0.15, 0.2) is 86.9 Å². The number of halogens is 4. The predicted molar refractivity (Wildman–Crippen MR) is 412 cm³/mol. The number of phenolic OH excluding ortho intramolecular Hbond substituents is 1. The molecule has 2 atom stereocenters. The third kappa shape index (κ3) is 18.5. The molecule has 2 unspecified atom stereocenters. The Morgan fingerprint density at radius 3 is 1.10 bits per heavy atom. The number of nitrogens with zero attached hydrogens (tertiary/aromatic N) is 9. The predicted octanol–water partition coefficient (Wildman–Crippen LogP) is 15.8. The number of aliphatic hydroxyl groups is 2. The van der Waals surface area contributed by atoms with Gasteiger partial charge in [-0.15, -0.1) is 0 Å². The molecule has 31 heteroatoms. The van der Waals surface area contributed by atoms with Gasteiger partial charge in [-0.05, 0) is 136 Å². The first kappa shape index (κ1) is 81.0. The highest BCUT2D eigenvalue weighted by molar-refractivity contribution is 9.09. The van der Waals surface area contributed by atoms with Gasteiger partial charge < -0.3 is 67.9 Å². The van der Waals surface area contributed by atoms with Crippen molar-refractivity contribution in [3.8, 4) is 103 Å². The fraction of sp³-hybridized carbons (Fsp3) is 0.417. The van der Waals surface area contributed by atoms with Crippen LogP contribution in [0.1, 0.15) is 138 Å². The van der Waals surface area contributed by atoms with E-state index >= 15 is 0 Å². The molecule has 3 aliphatic rings. The van der Waals surface area contributed by atoms with Crippen LogP contribution in [0.3, 0.4) is 0 Å². The van der Waals surface area contributed by atoms with E-state index in [2.05, 4.69) is 21.0 Å². The molecule has 3 aromatic carbocycles. The smallest absolute Gasteiger partial charge is 0.450 e. The van der Waals surface area contributed by atoms with Gasteiger partial charge >= 0.3 is 4.96 Å². The average molecular weight is 1600 g/mol. The molecular weight excluding hydrogens is 1510 g/mol.